The van der Waals surface area contributed by atoms with Gasteiger partial charge in [-0.15, -0.1) is 0 Å². The molecule has 0 aromatic heterocycles. The maximum Gasteiger partial charge on any atom is 0.225 e. The minimum atomic E-state index is 0.230. The topological polar surface area (TPSA) is 49.6 Å². The Morgan fingerprint density at radius 2 is 1.71 bits per heavy atom. The minimum absolute atomic E-state index is 0.230. The Morgan fingerprint density at radius 1 is 1.12 bits per heavy atom. The van der Waals surface area contributed by atoms with E-state index in [2.05, 4.69) is 11.8 Å². The first kappa shape index (κ1) is 12.8. The normalized spacial score (nSPS) is 25.2. The highest BCUT2D eigenvalue weighted by Gasteiger charge is 2.29. The van der Waals surface area contributed by atoms with Crippen molar-refractivity contribution in [3.8, 4) is 0 Å². The van der Waals surface area contributed by atoms with Gasteiger partial charge in [0.25, 0.3) is 0 Å². The second-order valence-corrected chi connectivity index (χ2v) is 5.49. The molecule has 1 amide bonds. The Morgan fingerprint density at radius 3 is 2.24 bits per heavy atom. The number of rotatable bonds is 2. The first-order chi connectivity index (χ1) is 8.20. The maximum atomic E-state index is 12.3. The summed E-state index contributed by atoms with van der Waals surface area (Å²) in [6.07, 6.45) is 5.51. The van der Waals surface area contributed by atoms with E-state index < -0.39 is 0 Å². The van der Waals surface area contributed by atoms with Crippen molar-refractivity contribution in [2.45, 2.75) is 39.0 Å². The molecule has 0 radical (unpaired) electrons. The molecule has 4 nitrogen and oxygen atoms in total. The van der Waals surface area contributed by atoms with Crippen molar-refractivity contribution in [2.75, 3.05) is 26.2 Å². The van der Waals surface area contributed by atoms with Crippen LogP contribution in [0.5, 0.6) is 0 Å². The largest absolute Gasteiger partial charge is 0.342 e. The van der Waals surface area contributed by atoms with Gasteiger partial charge < -0.3 is 4.90 Å². The van der Waals surface area contributed by atoms with Crippen molar-refractivity contribution in [3.05, 3.63) is 0 Å². The zero-order valence-corrected chi connectivity index (χ0v) is 10.9. The van der Waals surface area contributed by atoms with Crippen LogP contribution in [0.2, 0.25) is 0 Å². The van der Waals surface area contributed by atoms with E-state index in [4.69, 9.17) is 5.84 Å². The third kappa shape index (κ3) is 3.19. The number of hydrazine groups is 1. The van der Waals surface area contributed by atoms with E-state index in [-0.39, 0.29) is 5.92 Å². The average Bonchev–Trinajstić information content (AvgIpc) is 2.39. The van der Waals surface area contributed by atoms with Crippen LogP contribution in [0.1, 0.15) is 39.0 Å². The lowest BCUT2D eigenvalue weighted by molar-refractivity contribution is -0.138. The van der Waals surface area contributed by atoms with Crippen molar-refractivity contribution < 1.29 is 4.79 Å². The van der Waals surface area contributed by atoms with Gasteiger partial charge in [0.2, 0.25) is 5.91 Å². The Labute approximate surface area is 104 Å². The highest BCUT2D eigenvalue weighted by atomic mass is 16.2. The fraction of sp³-hybridized carbons (Fsp3) is 0.923. The summed E-state index contributed by atoms with van der Waals surface area (Å²) in [5.41, 5.74) is 0. The zero-order chi connectivity index (χ0) is 12.3. The summed E-state index contributed by atoms with van der Waals surface area (Å²) in [7, 11) is 0. The molecule has 2 aliphatic heterocycles. The van der Waals surface area contributed by atoms with Crippen molar-refractivity contribution in [1.82, 2.24) is 9.91 Å². The molecular formula is C13H25N3O. The fourth-order valence-electron chi connectivity index (χ4n) is 2.97. The number of piperidine rings is 2. The van der Waals surface area contributed by atoms with E-state index in [1.54, 1.807) is 0 Å². The first-order valence-electron chi connectivity index (χ1n) is 6.99. The van der Waals surface area contributed by atoms with Crippen LogP contribution in [0.4, 0.5) is 0 Å². The summed E-state index contributed by atoms with van der Waals surface area (Å²) in [4.78, 5) is 14.4. The molecule has 2 N–H and O–H groups in total. The van der Waals surface area contributed by atoms with Gasteiger partial charge in [-0.3, -0.25) is 10.6 Å². The van der Waals surface area contributed by atoms with E-state index in [9.17, 15) is 4.79 Å². The molecule has 0 atom stereocenters. The number of nitrogens with two attached hydrogens (primary N) is 1. The minimum Gasteiger partial charge on any atom is -0.342 e. The van der Waals surface area contributed by atoms with Gasteiger partial charge in [-0.1, -0.05) is 13.3 Å². The lowest BCUT2D eigenvalue weighted by Crippen LogP contribution is -2.46. The highest BCUT2D eigenvalue weighted by Crippen LogP contribution is 2.24. The number of nitrogens with zero attached hydrogens (tertiary/aromatic N) is 2. The molecule has 2 fully saturated rings. The van der Waals surface area contributed by atoms with E-state index in [0.717, 1.165) is 44.9 Å². The van der Waals surface area contributed by atoms with Gasteiger partial charge in [-0.2, -0.15) is 0 Å². The summed E-state index contributed by atoms with van der Waals surface area (Å²) in [5, 5.41) is 1.83. The molecule has 2 saturated heterocycles. The van der Waals surface area contributed by atoms with Crippen LogP contribution in [0, 0.1) is 11.8 Å². The molecule has 0 spiro atoms. The Hall–Kier alpha value is -0.610. The molecule has 0 bridgehead atoms. The second kappa shape index (κ2) is 5.83. The molecule has 98 valence electrons. The molecule has 0 aromatic carbocycles. The summed E-state index contributed by atoms with van der Waals surface area (Å²) < 4.78 is 0. The third-order valence-corrected chi connectivity index (χ3v) is 4.38. The van der Waals surface area contributed by atoms with Crippen LogP contribution in [0.3, 0.4) is 0 Å². The summed E-state index contributed by atoms with van der Waals surface area (Å²) in [5.74, 6) is 7.17. The Balaban J connectivity index is 1.80. The maximum absolute atomic E-state index is 12.3. The zero-order valence-electron chi connectivity index (χ0n) is 10.9. The van der Waals surface area contributed by atoms with Gasteiger partial charge in [-0.05, 0) is 31.6 Å². The second-order valence-electron chi connectivity index (χ2n) is 5.49. The van der Waals surface area contributed by atoms with Crippen molar-refractivity contribution in [2.24, 2.45) is 17.7 Å². The number of hydrogen-bond acceptors (Lipinski definition) is 3. The van der Waals surface area contributed by atoms with Crippen LogP contribution < -0.4 is 5.84 Å². The van der Waals surface area contributed by atoms with Gasteiger partial charge in [0, 0.05) is 32.1 Å². The first-order valence-corrected chi connectivity index (χ1v) is 6.99. The van der Waals surface area contributed by atoms with Crippen LogP contribution in [-0.4, -0.2) is 42.0 Å². The molecule has 0 aromatic rings. The predicted octanol–water partition coefficient (Wildman–Crippen LogP) is 1.22. The summed E-state index contributed by atoms with van der Waals surface area (Å²) in [6, 6.07) is 0. The van der Waals surface area contributed by atoms with Gasteiger partial charge in [0.15, 0.2) is 0 Å². The molecule has 2 rings (SSSR count). The third-order valence-electron chi connectivity index (χ3n) is 4.38. The van der Waals surface area contributed by atoms with Crippen molar-refractivity contribution in [1.29, 1.82) is 0 Å². The standard InChI is InChI=1S/C13H25N3O/c1-2-11-3-7-15(8-4-11)13(17)12-5-9-16(14)10-6-12/h11-12H,2-10,14H2,1H3. The van der Waals surface area contributed by atoms with E-state index in [1.165, 1.54) is 19.3 Å². The molecule has 0 unspecified atom stereocenters. The Kier molecular flexibility index (Phi) is 4.40. The van der Waals surface area contributed by atoms with Crippen LogP contribution >= 0.6 is 0 Å². The number of carbonyl (C=O) groups excluding carboxylic acids is 1. The van der Waals surface area contributed by atoms with Gasteiger partial charge in [-0.25, -0.2) is 5.01 Å². The molecule has 0 saturated carbocycles. The van der Waals surface area contributed by atoms with Crippen molar-refractivity contribution >= 4 is 5.91 Å². The molecule has 0 aliphatic carbocycles. The fourth-order valence-corrected chi connectivity index (χ4v) is 2.97. The molecule has 2 heterocycles. The summed E-state index contributed by atoms with van der Waals surface area (Å²) >= 11 is 0. The molecule has 4 heteroatoms. The smallest absolute Gasteiger partial charge is 0.225 e. The number of carbonyl (C=O) groups is 1. The lowest BCUT2D eigenvalue weighted by atomic mass is 9.91. The van der Waals surface area contributed by atoms with Crippen molar-refractivity contribution in [3.63, 3.8) is 0 Å². The molecular weight excluding hydrogens is 214 g/mol. The van der Waals surface area contributed by atoms with Crippen LogP contribution in [-0.2, 0) is 4.79 Å². The molecule has 17 heavy (non-hydrogen) atoms. The molecule has 2 aliphatic rings. The number of hydrogen-bond donors (Lipinski definition) is 1. The monoisotopic (exact) mass is 239 g/mol. The Bertz CT molecular complexity index is 253. The highest BCUT2D eigenvalue weighted by molar-refractivity contribution is 5.79. The van der Waals surface area contributed by atoms with Gasteiger partial charge in [0.1, 0.15) is 0 Å². The number of amides is 1. The van der Waals surface area contributed by atoms with Crippen LogP contribution in [0.25, 0.3) is 0 Å². The lowest BCUT2D eigenvalue weighted by Gasteiger charge is -2.36. The van der Waals surface area contributed by atoms with Gasteiger partial charge in [0.05, 0.1) is 0 Å². The van der Waals surface area contributed by atoms with Gasteiger partial charge >= 0.3 is 0 Å². The average molecular weight is 239 g/mol. The number of likely N-dealkylation sites (tertiary alicyclic amines) is 1. The van der Waals surface area contributed by atoms with E-state index in [0.29, 0.717) is 5.91 Å². The SMILES string of the molecule is CCC1CCN(C(=O)C2CCN(N)CC2)CC1. The van der Waals surface area contributed by atoms with Crippen LogP contribution in [0.15, 0.2) is 0 Å². The predicted molar refractivity (Wildman–Crippen MR) is 68.1 cm³/mol. The summed E-state index contributed by atoms with van der Waals surface area (Å²) in [6.45, 7) is 5.92. The quantitative estimate of drug-likeness (QED) is 0.737. The van der Waals surface area contributed by atoms with E-state index >= 15 is 0 Å². The van der Waals surface area contributed by atoms with E-state index in [1.807, 2.05) is 5.01 Å².